The van der Waals surface area contributed by atoms with Crippen LogP contribution in [0, 0.1) is 0 Å². The Morgan fingerprint density at radius 2 is 1.70 bits per heavy atom. The van der Waals surface area contributed by atoms with Crippen molar-refractivity contribution in [2.24, 2.45) is 0 Å². The molecule has 0 spiro atoms. The molecule has 1 aromatic heterocycles. The number of alkyl halides is 2. The van der Waals surface area contributed by atoms with Gasteiger partial charge < -0.3 is 9.47 Å². The van der Waals surface area contributed by atoms with Crippen LogP contribution in [0.2, 0.25) is 0 Å². The van der Waals surface area contributed by atoms with Crippen LogP contribution in [0.5, 0.6) is 11.5 Å². The first-order chi connectivity index (χ1) is 11.2. The summed E-state index contributed by atoms with van der Waals surface area (Å²) in [5.74, 6) is 2.20. The maximum absolute atomic E-state index is 5.71. The lowest BCUT2D eigenvalue weighted by atomic mass is 10.3. The van der Waals surface area contributed by atoms with Gasteiger partial charge in [-0.15, -0.1) is 34.5 Å². The van der Waals surface area contributed by atoms with Crippen molar-refractivity contribution in [3.05, 3.63) is 12.1 Å². The molecule has 1 aromatic carbocycles. The predicted octanol–water partition coefficient (Wildman–Crippen LogP) is 4.88. The molecule has 0 aliphatic carbocycles. The van der Waals surface area contributed by atoms with Crippen LogP contribution in [0.3, 0.4) is 0 Å². The molecule has 0 unspecified atom stereocenters. The normalized spacial score (nSPS) is 11.3. The zero-order chi connectivity index (χ0) is 16.7. The standard InChI is InChI=1S/C15H20Cl2N2O2S2/c1-3-19(4-2)23-15-18-11-9-12(20-7-5-16)13(21-8-6-17)10-14(11)22-15/h9-10H,3-8H2,1-2H3. The molecule has 0 fully saturated rings. The maximum atomic E-state index is 5.71. The fraction of sp³-hybridized carbons (Fsp3) is 0.533. The topological polar surface area (TPSA) is 34.6 Å². The van der Waals surface area contributed by atoms with Gasteiger partial charge >= 0.3 is 0 Å². The average Bonchev–Trinajstić information content (AvgIpc) is 2.96. The number of aromatic nitrogens is 1. The highest BCUT2D eigenvalue weighted by molar-refractivity contribution is 7.98. The monoisotopic (exact) mass is 394 g/mol. The number of benzene rings is 1. The molecule has 8 heteroatoms. The zero-order valence-corrected chi connectivity index (χ0v) is 16.3. The van der Waals surface area contributed by atoms with Crippen LogP contribution >= 0.6 is 46.5 Å². The molecule has 0 amide bonds. The van der Waals surface area contributed by atoms with E-state index in [9.17, 15) is 0 Å². The predicted molar refractivity (Wildman–Crippen MR) is 101 cm³/mol. The van der Waals surface area contributed by atoms with E-state index in [0.717, 1.165) is 27.6 Å². The Kier molecular flexibility index (Phi) is 8.06. The molecular formula is C15H20Cl2N2O2S2. The molecule has 0 radical (unpaired) electrons. The van der Waals surface area contributed by atoms with E-state index >= 15 is 0 Å². The first-order valence-electron chi connectivity index (χ1n) is 7.46. The van der Waals surface area contributed by atoms with E-state index < -0.39 is 0 Å². The first-order valence-corrected chi connectivity index (χ1v) is 10.1. The highest BCUT2D eigenvalue weighted by atomic mass is 35.5. The van der Waals surface area contributed by atoms with Crippen molar-refractivity contribution in [2.45, 2.75) is 18.2 Å². The summed E-state index contributed by atoms with van der Waals surface area (Å²) in [5.41, 5.74) is 0.910. The van der Waals surface area contributed by atoms with Gasteiger partial charge in [-0.2, -0.15) is 0 Å². The Morgan fingerprint density at radius 1 is 1.09 bits per heavy atom. The van der Waals surface area contributed by atoms with E-state index in [4.69, 9.17) is 32.7 Å². The van der Waals surface area contributed by atoms with Crippen LogP contribution in [0.25, 0.3) is 10.2 Å². The number of hydrogen-bond donors (Lipinski definition) is 0. The van der Waals surface area contributed by atoms with Crippen molar-refractivity contribution in [3.63, 3.8) is 0 Å². The van der Waals surface area contributed by atoms with Crippen molar-refractivity contribution in [2.75, 3.05) is 38.1 Å². The van der Waals surface area contributed by atoms with Gasteiger partial charge in [-0.1, -0.05) is 13.8 Å². The summed E-state index contributed by atoms with van der Waals surface area (Å²) in [6.45, 7) is 7.09. The van der Waals surface area contributed by atoms with Gasteiger partial charge in [-0.3, -0.25) is 0 Å². The minimum Gasteiger partial charge on any atom is -0.488 e. The van der Waals surface area contributed by atoms with E-state index in [0.29, 0.717) is 36.5 Å². The Labute approximate surface area is 155 Å². The molecule has 4 nitrogen and oxygen atoms in total. The number of ether oxygens (including phenoxy) is 2. The van der Waals surface area contributed by atoms with Crippen LogP contribution in [0.4, 0.5) is 0 Å². The van der Waals surface area contributed by atoms with Gasteiger partial charge in [0.05, 0.1) is 22.0 Å². The van der Waals surface area contributed by atoms with Gasteiger partial charge in [-0.25, -0.2) is 9.29 Å². The van der Waals surface area contributed by atoms with E-state index in [1.165, 1.54) is 0 Å². The molecule has 0 aliphatic heterocycles. The zero-order valence-electron chi connectivity index (χ0n) is 13.2. The van der Waals surface area contributed by atoms with Crippen molar-refractivity contribution < 1.29 is 9.47 Å². The lowest BCUT2D eigenvalue weighted by Gasteiger charge is -2.13. The second kappa shape index (κ2) is 9.79. The van der Waals surface area contributed by atoms with Gasteiger partial charge in [-0.05, 0) is 11.9 Å². The fourth-order valence-corrected chi connectivity index (χ4v) is 4.15. The molecule has 2 rings (SSSR count). The maximum Gasteiger partial charge on any atom is 0.166 e. The van der Waals surface area contributed by atoms with Gasteiger partial charge in [0, 0.05) is 25.2 Å². The fourth-order valence-electron chi connectivity index (χ4n) is 1.94. The number of halogens is 2. The quantitative estimate of drug-likeness (QED) is 0.423. The molecular weight excluding hydrogens is 375 g/mol. The smallest absolute Gasteiger partial charge is 0.166 e. The van der Waals surface area contributed by atoms with E-state index in [1.54, 1.807) is 23.3 Å². The van der Waals surface area contributed by atoms with Crippen molar-refractivity contribution in [1.29, 1.82) is 0 Å². The SMILES string of the molecule is CCN(CC)Sc1nc2cc(OCCCl)c(OCCCl)cc2s1. The number of hydrogen-bond acceptors (Lipinski definition) is 6. The van der Waals surface area contributed by atoms with E-state index in [-0.39, 0.29) is 0 Å². The third-order valence-corrected chi connectivity index (χ3v) is 5.63. The largest absolute Gasteiger partial charge is 0.488 e. The highest BCUT2D eigenvalue weighted by Crippen LogP contribution is 2.38. The van der Waals surface area contributed by atoms with E-state index in [1.807, 2.05) is 12.1 Å². The summed E-state index contributed by atoms with van der Waals surface area (Å²) in [6.07, 6.45) is 0. The van der Waals surface area contributed by atoms with Gasteiger partial charge in [0.25, 0.3) is 0 Å². The highest BCUT2D eigenvalue weighted by Gasteiger charge is 2.14. The van der Waals surface area contributed by atoms with Gasteiger partial charge in [0.15, 0.2) is 15.8 Å². The van der Waals surface area contributed by atoms with Crippen molar-refractivity contribution in [1.82, 2.24) is 9.29 Å². The molecule has 128 valence electrons. The second-order valence-electron chi connectivity index (χ2n) is 4.53. The lowest BCUT2D eigenvalue weighted by Crippen LogP contribution is -2.13. The number of thiazole rings is 1. The van der Waals surface area contributed by atoms with E-state index in [2.05, 4.69) is 23.1 Å². The molecule has 0 aliphatic rings. The summed E-state index contributed by atoms with van der Waals surface area (Å²) in [7, 11) is 0. The van der Waals surface area contributed by atoms with Gasteiger partial charge in [0.2, 0.25) is 0 Å². The van der Waals surface area contributed by atoms with Crippen molar-refractivity contribution >= 4 is 56.7 Å². The summed E-state index contributed by atoms with van der Waals surface area (Å²) < 4.78 is 15.7. The molecule has 2 aromatic rings. The Hall–Kier alpha value is -0.400. The molecule has 0 atom stereocenters. The molecule has 0 N–H and O–H groups in total. The Balaban J connectivity index is 2.28. The minimum absolute atomic E-state index is 0.424. The van der Waals surface area contributed by atoms with Crippen molar-refractivity contribution in [3.8, 4) is 11.5 Å². The number of fused-ring (bicyclic) bond motifs is 1. The Bertz CT molecular complexity index is 576. The Morgan fingerprint density at radius 3 is 2.26 bits per heavy atom. The molecule has 0 saturated heterocycles. The molecule has 0 bridgehead atoms. The van der Waals surface area contributed by atoms with Gasteiger partial charge in [0.1, 0.15) is 13.2 Å². The number of rotatable bonds is 10. The summed E-state index contributed by atoms with van der Waals surface area (Å²) >= 11 is 14.8. The minimum atomic E-state index is 0.424. The molecule has 23 heavy (non-hydrogen) atoms. The summed E-state index contributed by atoms with van der Waals surface area (Å²) in [4.78, 5) is 4.68. The third-order valence-electron chi connectivity index (χ3n) is 3.02. The summed E-state index contributed by atoms with van der Waals surface area (Å²) in [6, 6.07) is 3.88. The number of nitrogens with zero attached hydrogens (tertiary/aromatic N) is 2. The molecule has 0 saturated carbocycles. The van der Waals surface area contributed by atoms with Crippen LogP contribution in [-0.2, 0) is 0 Å². The van der Waals surface area contributed by atoms with Crippen LogP contribution in [0.15, 0.2) is 16.5 Å². The van der Waals surface area contributed by atoms with Crippen LogP contribution < -0.4 is 9.47 Å². The summed E-state index contributed by atoms with van der Waals surface area (Å²) in [5, 5.41) is 0. The first kappa shape index (κ1) is 18.9. The second-order valence-corrected chi connectivity index (χ2v) is 7.66. The van der Waals surface area contributed by atoms with Crippen LogP contribution in [0.1, 0.15) is 13.8 Å². The van der Waals surface area contributed by atoms with Crippen LogP contribution in [-0.4, -0.2) is 47.4 Å². The lowest BCUT2D eigenvalue weighted by molar-refractivity contribution is 0.291. The molecule has 1 heterocycles. The average molecular weight is 395 g/mol. The third kappa shape index (κ3) is 5.29.